The number of nitrogens with zero attached hydrogens (tertiary/aromatic N) is 4. The van der Waals surface area contributed by atoms with Crippen molar-refractivity contribution in [2.24, 2.45) is 29.1 Å². The molecule has 0 radical (unpaired) electrons. The number of amides is 3. The van der Waals surface area contributed by atoms with E-state index in [4.69, 9.17) is 14.3 Å². The number of ether oxygens (including phenoxy) is 2. The lowest BCUT2D eigenvalue weighted by Crippen LogP contribution is -2.62. The number of hydrogen-bond acceptors (Lipinski definition) is 11. The van der Waals surface area contributed by atoms with Crippen LogP contribution in [0.1, 0.15) is 56.5 Å². The number of carbonyl (C=O) groups is 3. The monoisotopic (exact) mass is 792 g/mol. The highest BCUT2D eigenvalue weighted by Crippen LogP contribution is 2.61. The Morgan fingerprint density at radius 1 is 1.07 bits per heavy atom. The zero-order chi connectivity index (χ0) is 41.3. The summed E-state index contributed by atoms with van der Waals surface area (Å²) in [5.74, 6) is 0.514. The van der Waals surface area contributed by atoms with Crippen LogP contribution >= 0.6 is 0 Å². The van der Waals surface area contributed by atoms with Crippen LogP contribution in [0.5, 0.6) is 5.75 Å². The van der Waals surface area contributed by atoms with E-state index in [1.165, 1.54) is 6.42 Å². The van der Waals surface area contributed by atoms with Crippen LogP contribution in [0.2, 0.25) is 0 Å². The molecule has 2 aliphatic heterocycles. The Kier molecular flexibility index (Phi) is 13.2. The van der Waals surface area contributed by atoms with Crippen molar-refractivity contribution < 1.29 is 38.9 Å². The molecule has 314 valence electrons. The Morgan fingerprint density at radius 2 is 1.79 bits per heavy atom. The van der Waals surface area contributed by atoms with Crippen molar-refractivity contribution >= 4 is 23.4 Å². The number of carbonyl (C=O) groups excluding carboxylic acids is 3. The lowest BCUT2D eigenvalue weighted by molar-refractivity contribution is -0.183. The summed E-state index contributed by atoms with van der Waals surface area (Å²) in [6, 6.07) is 9.66. The van der Waals surface area contributed by atoms with E-state index in [9.17, 15) is 24.6 Å². The zero-order valence-electron chi connectivity index (χ0n) is 35.2. The average Bonchev–Trinajstić information content (AvgIpc) is 3.56. The third-order valence-corrected chi connectivity index (χ3v) is 13.2. The molecule has 4 N–H and O–H groups in total. The van der Waals surface area contributed by atoms with Crippen molar-refractivity contribution in [1.29, 1.82) is 0 Å². The van der Waals surface area contributed by atoms with Gasteiger partial charge in [-0.3, -0.25) is 19.2 Å². The van der Waals surface area contributed by atoms with Crippen molar-refractivity contribution in [3.63, 3.8) is 0 Å². The topological polar surface area (TPSA) is 156 Å². The predicted octanol–water partition coefficient (Wildman–Crippen LogP) is 2.61. The van der Waals surface area contributed by atoms with Crippen molar-refractivity contribution in [1.82, 2.24) is 25.5 Å². The molecule has 2 saturated heterocycles. The van der Waals surface area contributed by atoms with E-state index in [2.05, 4.69) is 31.4 Å². The molecule has 2 bridgehead atoms. The van der Waals surface area contributed by atoms with Crippen molar-refractivity contribution in [2.45, 2.75) is 77.4 Å². The summed E-state index contributed by atoms with van der Waals surface area (Å²) in [5, 5.41) is 29.3. The molecule has 9 atom stereocenters. The highest BCUT2D eigenvalue weighted by Gasteiger charge is 2.57. The second-order valence-electron chi connectivity index (χ2n) is 17.6. The smallest absolute Gasteiger partial charge is 0.252 e. The van der Waals surface area contributed by atoms with E-state index < -0.39 is 30.2 Å². The van der Waals surface area contributed by atoms with Crippen molar-refractivity contribution in [2.75, 3.05) is 79.7 Å². The van der Waals surface area contributed by atoms with Gasteiger partial charge in [-0.15, -0.1) is 0 Å². The Morgan fingerprint density at radius 3 is 2.39 bits per heavy atom. The summed E-state index contributed by atoms with van der Waals surface area (Å²) in [5.41, 5.74) is 3.57. The second kappa shape index (κ2) is 17.6. The van der Waals surface area contributed by atoms with Crippen LogP contribution in [0.3, 0.4) is 0 Å². The van der Waals surface area contributed by atoms with Gasteiger partial charge in [-0.05, 0) is 80.8 Å². The zero-order valence-corrected chi connectivity index (χ0v) is 35.2. The summed E-state index contributed by atoms with van der Waals surface area (Å²) in [6.45, 7) is 10.5. The second-order valence-corrected chi connectivity index (χ2v) is 17.6. The molecule has 57 heavy (non-hydrogen) atoms. The van der Waals surface area contributed by atoms with Gasteiger partial charge in [-0.25, -0.2) is 0 Å². The first kappa shape index (κ1) is 42.8. The Balaban J connectivity index is 1.28. The number of nitrogens with one attached hydrogen (secondary N) is 2. The van der Waals surface area contributed by atoms with Gasteiger partial charge < -0.3 is 45.0 Å². The Bertz CT molecular complexity index is 1760. The molecule has 0 unspecified atom stereocenters. The number of anilines is 1. The first-order valence-corrected chi connectivity index (χ1v) is 20.4. The van der Waals surface area contributed by atoms with Gasteiger partial charge in [0.15, 0.2) is 0 Å². The summed E-state index contributed by atoms with van der Waals surface area (Å²) in [6.07, 6.45) is 0.394. The summed E-state index contributed by atoms with van der Waals surface area (Å²) < 4.78 is 11.5. The number of methoxy groups -OCH3 is 1. The maximum Gasteiger partial charge on any atom is 0.252 e. The van der Waals surface area contributed by atoms with Gasteiger partial charge in [0.1, 0.15) is 23.9 Å². The van der Waals surface area contributed by atoms with E-state index in [0.717, 1.165) is 12.1 Å². The fourth-order valence-electron chi connectivity index (χ4n) is 9.78. The number of rotatable bonds is 14. The Hall–Kier alpha value is -3.79. The standard InChI is InChI=1S/C43H64N6O8/c1-25-33-20-30(43(33,3)4)21-34(25)44-41(53)38-37(26(2)51)36(24-50)57-49(38)22-27-11-10-12-32(39(27)55-9)28-17-29(19-31(18-28)47(7)8)40(52)45-35(23-46(5)6)42(54)48-13-15-56-16-14-48/h10-12,17-19,25-26,30,33-38,50-51H,13-16,20-24H2,1-9H3,(H,44,53)(H,45,52)/t25-,26-,30+,33+,34-,35+,36-,37+,38-/m0/s1. The molecular weight excluding hydrogens is 729 g/mol. The normalized spacial score (nSPS) is 28.0. The lowest BCUT2D eigenvalue weighted by atomic mass is 9.45. The fourth-order valence-corrected chi connectivity index (χ4v) is 9.78. The molecule has 2 heterocycles. The molecule has 3 aliphatic carbocycles. The average molecular weight is 793 g/mol. The first-order valence-electron chi connectivity index (χ1n) is 20.4. The number of likely N-dealkylation sites (N-methyl/N-ethyl adjacent to an activating group) is 1. The van der Waals surface area contributed by atoms with Gasteiger partial charge in [-0.2, -0.15) is 5.06 Å². The fraction of sp³-hybridized carbons (Fsp3) is 0.651. The molecule has 5 fully saturated rings. The number of aliphatic hydroxyl groups excluding tert-OH is 2. The molecule has 2 aromatic carbocycles. The highest BCUT2D eigenvalue weighted by molar-refractivity contribution is 6.00. The van der Waals surface area contributed by atoms with Gasteiger partial charge in [0.2, 0.25) is 11.8 Å². The molecule has 14 heteroatoms. The minimum Gasteiger partial charge on any atom is -0.496 e. The number of hydroxylamine groups is 2. The number of aliphatic hydroxyl groups is 2. The van der Waals surface area contributed by atoms with Crippen LogP contribution in [0.25, 0.3) is 11.1 Å². The number of fused-ring (bicyclic) bond motifs is 2. The first-order chi connectivity index (χ1) is 27.0. The van der Waals surface area contributed by atoms with Crippen LogP contribution in [-0.2, 0) is 25.7 Å². The molecule has 3 saturated carbocycles. The third-order valence-electron chi connectivity index (χ3n) is 13.2. The van der Waals surface area contributed by atoms with Gasteiger partial charge in [0, 0.05) is 68.1 Å². The van der Waals surface area contributed by atoms with Gasteiger partial charge >= 0.3 is 0 Å². The number of benzene rings is 2. The van der Waals surface area contributed by atoms with Crippen LogP contribution in [0.15, 0.2) is 36.4 Å². The highest BCUT2D eigenvalue weighted by atomic mass is 16.7. The minimum atomic E-state index is -0.924. The molecule has 5 aliphatic rings. The van der Waals surface area contributed by atoms with Gasteiger partial charge in [0.05, 0.1) is 39.6 Å². The van der Waals surface area contributed by atoms with Crippen LogP contribution in [0, 0.1) is 29.1 Å². The molecule has 0 aromatic heterocycles. The van der Waals surface area contributed by atoms with Crippen LogP contribution < -0.4 is 20.3 Å². The van der Waals surface area contributed by atoms with Crippen LogP contribution in [0.4, 0.5) is 5.69 Å². The van der Waals surface area contributed by atoms with Crippen molar-refractivity contribution in [3.8, 4) is 16.9 Å². The predicted molar refractivity (Wildman–Crippen MR) is 218 cm³/mol. The number of hydrogen-bond donors (Lipinski definition) is 4. The largest absolute Gasteiger partial charge is 0.496 e. The maximum absolute atomic E-state index is 14.3. The Labute approximate surface area is 337 Å². The quantitative estimate of drug-likeness (QED) is 0.223. The molecule has 0 spiro atoms. The van der Waals surface area contributed by atoms with E-state index in [1.807, 2.05) is 62.3 Å². The van der Waals surface area contributed by atoms with Gasteiger partial charge in [0.25, 0.3) is 5.91 Å². The van der Waals surface area contributed by atoms with Crippen LogP contribution in [-0.4, -0.2) is 148 Å². The van der Waals surface area contributed by atoms with Crippen molar-refractivity contribution in [3.05, 3.63) is 47.5 Å². The maximum atomic E-state index is 14.3. The van der Waals surface area contributed by atoms with E-state index in [0.29, 0.717) is 78.6 Å². The van der Waals surface area contributed by atoms with E-state index in [-0.39, 0.29) is 42.3 Å². The minimum absolute atomic E-state index is 0.0165. The molecule has 2 aromatic rings. The lowest BCUT2D eigenvalue weighted by Gasteiger charge is -2.62. The number of para-hydroxylation sites is 1. The third kappa shape index (κ3) is 8.81. The van der Waals surface area contributed by atoms with E-state index >= 15 is 0 Å². The SMILES string of the molecule is COc1c(CN2O[C@@H](CO)[C@@H]([C@H](C)O)[C@H]2C(=O)N[C@H]2C[C@H]3C[C@H]([C@@H]2C)C3(C)C)cccc1-c1cc(C(=O)N[C@H](CN(C)C)C(=O)N2CCOCC2)cc(N(C)C)c1. The molecule has 14 nitrogen and oxygen atoms in total. The summed E-state index contributed by atoms with van der Waals surface area (Å²) in [4.78, 5) is 53.7. The summed E-state index contributed by atoms with van der Waals surface area (Å²) >= 11 is 0. The molecule has 3 amide bonds. The van der Waals surface area contributed by atoms with E-state index in [1.54, 1.807) is 36.1 Å². The van der Waals surface area contributed by atoms with Gasteiger partial charge in [-0.1, -0.05) is 39.0 Å². The molecule has 7 rings (SSSR count). The summed E-state index contributed by atoms with van der Waals surface area (Å²) in [7, 11) is 9.11. The number of morpholine rings is 1. The molecular formula is C43H64N6O8.